The SMILES string of the molecule is COc1ccc(S(=O)(=O)N(CC(=O)N(Cc2ccccc2F)C(C)C(=O)NC(C)(C)C)c2ccc(Cl)cc2)cc1OC. The summed E-state index contributed by atoms with van der Waals surface area (Å²) in [6, 6.07) is 14.8. The molecule has 0 aromatic heterocycles. The van der Waals surface area contributed by atoms with Gasteiger partial charge in [-0.25, -0.2) is 12.8 Å². The van der Waals surface area contributed by atoms with Crippen LogP contribution in [0.1, 0.15) is 33.3 Å². The van der Waals surface area contributed by atoms with Gasteiger partial charge in [0.2, 0.25) is 11.8 Å². The minimum atomic E-state index is -4.38. The van der Waals surface area contributed by atoms with Crippen molar-refractivity contribution in [2.45, 2.75) is 50.7 Å². The highest BCUT2D eigenvalue weighted by Gasteiger charge is 2.34. The van der Waals surface area contributed by atoms with Gasteiger partial charge in [0.15, 0.2) is 11.5 Å². The first-order valence-corrected chi connectivity index (χ1v) is 14.8. The maximum atomic E-state index is 14.7. The van der Waals surface area contributed by atoms with Crippen LogP contribution in [0.3, 0.4) is 0 Å². The third-order valence-electron chi connectivity index (χ3n) is 6.30. The summed E-state index contributed by atoms with van der Waals surface area (Å²) < 4.78 is 54.2. The van der Waals surface area contributed by atoms with Crippen LogP contribution in [0.4, 0.5) is 10.1 Å². The predicted molar refractivity (Wildman–Crippen MR) is 160 cm³/mol. The summed E-state index contributed by atoms with van der Waals surface area (Å²) in [4.78, 5) is 28.1. The van der Waals surface area contributed by atoms with Crippen LogP contribution in [0, 0.1) is 5.82 Å². The van der Waals surface area contributed by atoms with Gasteiger partial charge in [-0.15, -0.1) is 0 Å². The molecule has 3 rings (SSSR count). The third kappa shape index (κ3) is 7.92. The van der Waals surface area contributed by atoms with Crippen molar-refractivity contribution in [2.24, 2.45) is 0 Å². The number of sulfonamides is 1. The summed E-state index contributed by atoms with van der Waals surface area (Å²) in [5.74, 6) is -1.28. The number of carbonyl (C=O) groups is 2. The zero-order valence-electron chi connectivity index (χ0n) is 24.4. The molecule has 0 aliphatic rings. The Labute approximate surface area is 251 Å². The number of halogens is 2. The second kappa shape index (κ2) is 13.4. The zero-order valence-corrected chi connectivity index (χ0v) is 25.9. The number of amides is 2. The maximum absolute atomic E-state index is 14.7. The standard InChI is InChI=1S/C30H35ClFN3O6S/c1-20(29(37)33-30(2,3)4)34(18-21-9-7-8-10-25(21)32)28(36)19-35(23-13-11-22(31)12-14-23)42(38,39)24-15-16-26(40-5)27(17-24)41-6/h7-17,20H,18-19H2,1-6H3,(H,33,37). The van der Waals surface area contributed by atoms with Gasteiger partial charge in [-0.3, -0.25) is 13.9 Å². The number of benzene rings is 3. The minimum absolute atomic E-state index is 0.153. The van der Waals surface area contributed by atoms with Crippen molar-refractivity contribution < 1.29 is 31.9 Å². The molecule has 226 valence electrons. The first kappa shape index (κ1) is 32.7. The van der Waals surface area contributed by atoms with Gasteiger partial charge in [0, 0.05) is 28.7 Å². The molecule has 2 amide bonds. The van der Waals surface area contributed by atoms with E-state index < -0.39 is 45.8 Å². The van der Waals surface area contributed by atoms with Crippen LogP contribution >= 0.6 is 11.6 Å². The van der Waals surface area contributed by atoms with Crippen molar-refractivity contribution in [3.63, 3.8) is 0 Å². The first-order chi connectivity index (χ1) is 19.7. The molecule has 0 fully saturated rings. The van der Waals surface area contributed by atoms with Crippen LogP contribution in [-0.2, 0) is 26.2 Å². The topological polar surface area (TPSA) is 105 Å². The Hall–Kier alpha value is -3.83. The molecule has 9 nitrogen and oxygen atoms in total. The fraction of sp³-hybridized carbons (Fsp3) is 0.333. The quantitative estimate of drug-likeness (QED) is 0.323. The Kier molecular flexibility index (Phi) is 10.5. The van der Waals surface area contributed by atoms with Crippen molar-refractivity contribution in [3.05, 3.63) is 83.1 Å². The number of nitrogens with one attached hydrogen (secondary N) is 1. The molecule has 0 heterocycles. The van der Waals surface area contributed by atoms with Crippen LogP contribution in [-0.4, -0.2) is 57.5 Å². The highest BCUT2D eigenvalue weighted by atomic mass is 35.5. The van der Waals surface area contributed by atoms with Crippen LogP contribution in [0.5, 0.6) is 11.5 Å². The fourth-order valence-electron chi connectivity index (χ4n) is 4.11. The van der Waals surface area contributed by atoms with E-state index in [1.165, 1.54) is 81.8 Å². The Morgan fingerprint density at radius 1 is 0.976 bits per heavy atom. The zero-order chi connectivity index (χ0) is 31.2. The summed E-state index contributed by atoms with van der Waals surface area (Å²) in [5.41, 5.74) is -0.285. The first-order valence-electron chi connectivity index (χ1n) is 13.0. The molecular weight excluding hydrogens is 585 g/mol. The number of ether oxygens (including phenoxy) is 2. The van der Waals surface area contributed by atoms with E-state index in [9.17, 15) is 22.4 Å². The van der Waals surface area contributed by atoms with Gasteiger partial charge in [0.1, 0.15) is 18.4 Å². The van der Waals surface area contributed by atoms with E-state index in [4.69, 9.17) is 21.1 Å². The molecule has 1 atom stereocenters. The van der Waals surface area contributed by atoms with E-state index in [0.29, 0.717) is 10.8 Å². The Morgan fingerprint density at radius 2 is 1.60 bits per heavy atom. The molecule has 3 aromatic rings. The molecule has 1 unspecified atom stereocenters. The lowest BCUT2D eigenvalue weighted by atomic mass is 10.1. The van der Waals surface area contributed by atoms with Gasteiger partial charge in [-0.05, 0) is 70.2 Å². The average molecular weight is 620 g/mol. The highest BCUT2D eigenvalue weighted by Crippen LogP contribution is 2.32. The molecule has 0 aliphatic carbocycles. The summed E-state index contributed by atoms with van der Waals surface area (Å²) in [6.07, 6.45) is 0. The lowest BCUT2D eigenvalue weighted by Gasteiger charge is -2.33. The minimum Gasteiger partial charge on any atom is -0.493 e. The Morgan fingerprint density at radius 3 is 2.17 bits per heavy atom. The largest absolute Gasteiger partial charge is 0.493 e. The molecule has 0 saturated heterocycles. The van der Waals surface area contributed by atoms with E-state index in [0.717, 1.165) is 9.21 Å². The number of rotatable bonds is 11. The van der Waals surface area contributed by atoms with Gasteiger partial charge in [-0.1, -0.05) is 29.8 Å². The van der Waals surface area contributed by atoms with Crippen molar-refractivity contribution in [2.75, 3.05) is 25.1 Å². The second-order valence-corrected chi connectivity index (χ2v) is 12.8. The average Bonchev–Trinajstić information content (AvgIpc) is 2.94. The van der Waals surface area contributed by atoms with E-state index in [2.05, 4.69) is 5.32 Å². The van der Waals surface area contributed by atoms with E-state index in [1.807, 2.05) is 0 Å². The lowest BCUT2D eigenvalue weighted by Crippen LogP contribution is -2.54. The van der Waals surface area contributed by atoms with Crippen molar-refractivity contribution in [1.29, 1.82) is 0 Å². The van der Waals surface area contributed by atoms with Crippen molar-refractivity contribution >= 4 is 39.1 Å². The smallest absolute Gasteiger partial charge is 0.264 e. The summed E-state index contributed by atoms with van der Waals surface area (Å²) in [7, 11) is -1.58. The van der Waals surface area contributed by atoms with Crippen molar-refractivity contribution in [1.82, 2.24) is 10.2 Å². The van der Waals surface area contributed by atoms with Crippen LogP contribution in [0.15, 0.2) is 71.6 Å². The molecule has 12 heteroatoms. The molecule has 0 saturated carbocycles. The van der Waals surface area contributed by atoms with Crippen LogP contribution in [0.25, 0.3) is 0 Å². The second-order valence-electron chi connectivity index (χ2n) is 10.5. The molecule has 42 heavy (non-hydrogen) atoms. The Bertz CT molecular complexity index is 1530. The van der Waals surface area contributed by atoms with Crippen molar-refractivity contribution in [3.8, 4) is 11.5 Å². The number of nitrogens with zero attached hydrogens (tertiary/aromatic N) is 2. The maximum Gasteiger partial charge on any atom is 0.264 e. The molecule has 0 spiro atoms. The Balaban J connectivity index is 2.09. The van der Waals surface area contributed by atoms with E-state index >= 15 is 0 Å². The van der Waals surface area contributed by atoms with E-state index in [1.54, 1.807) is 26.8 Å². The number of anilines is 1. The van der Waals surface area contributed by atoms with Crippen LogP contribution < -0.4 is 19.1 Å². The molecule has 1 N–H and O–H groups in total. The van der Waals surface area contributed by atoms with Gasteiger partial charge in [-0.2, -0.15) is 0 Å². The summed E-state index contributed by atoms with van der Waals surface area (Å²) >= 11 is 6.06. The number of methoxy groups -OCH3 is 2. The normalized spacial score (nSPS) is 12.3. The summed E-state index contributed by atoms with van der Waals surface area (Å²) in [6.45, 7) is 5.92. The number of hydrogen-bond acceptors (Lipinski definition) is 6. The lowest BCUT2D eigenvalue weighted by molar-refractivity contribution is -0.140. The molecule has 0 radical (unpaired) electrons. The number of hydrogen-bond donors (Lipinski definition) is 1. The molecule has 3 aromatic carbocycles. The van der Waals surface area contributed by atoms with Gasteiger partial charge in [0.25, 0.3) is 10.0 Å². The van der Waals surface area contributed by atoms with Gasteiger partial charge in [0.05, 0.1) is 24.8 Å². The van der Waals surface area contributed by atoms with Crippen LogP contribution in [0.2, 0.25) is 5.02 Å². The fourth-order valence-corrected chi connectivity index (χ4v) is 5.66. The van der Waals surface area contributed by atoms with Gasteiger partial charge >= 0.3 is 0 Å². The molecule has 0 aliphatic heterocycles. The molecule has 0 bridgehead atoms. The molecular formula is C30H35ClFN3O6S. The predicted octanol–water partition coefficient (Wildman–Crippen LogP) is 5.02. The monoisotopic (exact) mass is 619 g/mol. The highest BCUT2D eigenvalue weighted by molar-refractivity contribution is 7.92. The van der Waals surface area contributed by atoms with Gasteiger partial charge < -0.3 is 19.7 Å². The third-order valence-corrected chi connectivity index (χ3v) is 8.32. The summed E-state index contributed by atoms with van der Waals surface area (Å²) in [5, 5.41) is 3.19. The van der Waals surface area contributed by atoms with E-state index in [-0.39, 0.29) is 28.4 Å². The number of carbonyl (C=O) groups excluding carboxylic acids is 2.